The van der Waals surface area contributed by atoms with E-state index < -0.39 is 0 Å². The van der Waals surface area contributed by atoms with E-state index in [1.165, 1.54) is 25.7 Å². The standard InChI is InChI=1S/C12H22BNO/c1-12(13)6-3-9-5-8-14(2)11(15)10(9)4-7-12/h9-10H,3-8,13H2,1-2H3/t9?,10?,12-/m1/s1. The summed E-state index contributed by atoms with van der Waals surface area (Å²) in [4.78, 5) is 14.0. The highest BCUT2D eigenvalue weighted by molar-refractivity contribution is 6.14. The normalized spacial score (nSPS) is 42.3. The maximum absolute atomic E-state index is 12.0. The molecule has 0 radical (unpaired) electrons. The summed E-state index contributed by atoms with van der Waals surface area (Å²) in [6.45, 7) is 3.32. The molecule has 2 nitrogen and oxygen atoms in total. The average Bonchev–Trinajstić information content (AvgIpc) is 2.32. The van der Waals surface area contributed by atoms with Crippen molar-refractivity contribution in [2.45, 2.75) is 44.3 Å². The van der Waals surface area contributed by atoms with E-state index in [9.17, 15) is 4.79 Å². The minimum absolute atomic E-state index is 0.338. The topological polar surface area (TPSA) is 20.3 Å². The summed E-state index contributed by atoms with van der Waals surface area (Å²) >= 11 is 0. The lowest BCUT2D eigenvalue weighted by Gasteiger charge is -2.35. The monoisotopic (exact) mass is 207 g/mol. The van der Waals surface area contributed by atoms with E-state index in [0.717, 1.165) is 13.0 Å². The van der Waals surface area contributed by atoms with E-state index in [-0.39, 0.29) is 0 Å². The molecule has 0 bridgehead atoms. The van der Waals surface area contributed by atoms with Gasteiger partial charge < -0.3 is 4.90 Å². The van der Waals surface area contributed by atoms with Gasteiger partial charge >= 0.3 is 0 Å². The maximum Gasteiger partial charge on any atom is 0.225 e. The van der Waals surface area contributed by atoms with Gasteiger partial charge in [0, 0.05) is 19.5 Å². The number of carbonyl (C=O) groups excluding carboxylic acids is 1. The van der Waals surface area contributed by atoms with Gasteiger partial charge in [0.05, 0.1) is 0 Å². The summed E-state index contributed by atoms with van der Waals surface area (Å²) in [5.74, 6) is 1.42. The smallest absolute Gasteiger partial charge is 0.225 e. The van der Waals surface area contributed by atoms with Crippen LogP contribution < -0.4 is 0 Å². The first-order valence-corrected chi connectivity index (χ1v) is 6.25. The van der Waals surface area contributed by atoms with Gasteiger partial charge in [-0.15, -0.1) is 0 Å². The third kappa shape index (κ3) is 2.21. The van der Waals surface area contributed by atoms with Gasteiger partial charge in [-0.2, -0.15) is 0 Å². The Bertz CT molecular complexity index is 264. The molecule has 0 aromatic heterocycles. The lowest BCUT2D eigenvalue weighted by atomic mass is 9.65. The third-order valence-corrected chi connectivity index (χ3v) is 4.42. The van der Waals surface area contributed by atoms with Crippen LogP contribution in [-0.4, -0.2) is 32.2 Å². The van der Waals surface area contributed by atoms with E-state index >= 15 is 0 Å². The number of likely N-dealkylation sites (tertiary alicyclic amines) is 1. The fourth-order valence-corrected chi connectivity index (χ4v) is 3.11. The number of hydrogen-bond donors (Lipinski definition) is 0. The zero-order chi connectivity index (χ0) is 11.1. The summed E-state index contributed by atoms with van der Waals surface area (Å²) < 4.78 is 0. The second-order valence-electron chi connectivity index (χ2n) is 6.16. The first kappa shape index (κ1) is 11.0. The number of amides is 1. The van der Waals surface area contributed by atoms with Crippen molar-refractivity contribution in [1.82, 2.24) is 4.90 Å². The van der Waals surface area contributed by atoms with Crippen LogP contribution in [0.1, 0.15) is 39.0 Å². The van der Waals surface area contributed by atoms with Gasteiger partial charge in [0.1, 0.15) is 7.85 Å². The molecule has 0 aromatic rings. The molecule has 2 rings (SSSR count). The van der Waals surface area contributed by atoms with Crippen LogP contribution >= 0.6 is 0 Å². The van der Waals surface area contributed by atoms with Gasteiger partial charge in [-0.1, -0.05) is 25.1 Å². The molecule has 1 aliphatic heterocycles. The van der Waals surface area contributed by atoms with Crippen molar-refractivity contribution in [1.29, 1.82) is 0 Å². The fraction of sp³-hybridized carbons (Fsp3) is 0.917. The van der Waals surface area contributed by atoms with E-state index in [0.29, 0.717) is 23.1 Å². The second kappa shape index (κ2) is 3.84. The molecule has 1 saturated heterocycles. The highest BCUT2D eigenvalue weighted by atomic mass is 16.2. The van der Waals surface area contributed by atoms with E-state index in [1.807, 2.05) is 11.9 Å². The van der Waals surface area contributed by atoms with Gasteiger partial charge in [-0.05, 0) is 25.2 Å². The number of carbonyl (C=O) groups is 1. The summed E-state index contributed by atoms with van der Waals surface area (Å²) in [6, 6.07) is 0. The molecule has 2 unspecified atom stereocenters. The van der Waals surface area contributed by atoms with Gasteiger partial charge in [0.25, 0.3) is 0 Å². The Morgan fingerprint density at radius 3 is 2.73 bits per heavy atom. The van der Waals surface area contributed by atoms with Crippen molar-refractivity contribution in [3.63, 3.8) is 0 Å². The minimum Gasteiger partial charge on any atom is -0.346 e. The first-order valence-electron chi connectivity index (χ1n) is 6.25. The number of rotatable bonds is 0. The van der Waals surface area contributed by atoms with Crippen LogP contribution in [0.25, 0.3) is 0 Å². The molecule has 84 valence electrons. The molecule has 1 heterocycles. The van der Waals surface area contributed by atoms with E-state index in [4.69, 9.17) is 0 Å². The van der Waals surface area contributed by atoms with E-state index in [1.54, 1.807) is 0 Å². The second-order valence-corrected chi connectivity index (χ2v) is 6.16. The molecule has 0 spiro atoms. The summed E-state index contributed by atoms with van der Waals surface area (Å²) in [5, 5.41) is 0.455. The predicted octanol–water partition coefficient (Wildman–Crippen LogP) is 1.47. The Morgan fingerprint density at radius 2 is 2.00 bits per heavy atom. The lowest BCUT2D eigenvalue weighted by Crippen LogP contribution is -2.42. The van der Waals surface area contributed by atoms with Crippen LogP contribution in [0.2, 0.25) is 5.31 Å². The third-order valence-electron chi connectivity index (χ3n) is 4.42. The van der Waals surface area contributed by atoms with Crippen molar-refractivity contribution in [2.24, 2.45) is 11.8 Å². The zero-order valence-electron chi connectivity index (χ0n) is 10.3. The molecule has 2 aliphatic rings. The summed E-state index contributed by atoms with van der Waals surface area (Å²) in [5.41, 5.74) is 0. The van der Waals surface area contributed by atoms with Crippen molar-refractivity contribution >= 4 is 13.8 Å². The average molecular weight is 207 g/mol. The van der Waals surface area contributed by atoms with Crippen molar-refractivity contribution in [3.05, 3.63) is 0 Å². The molecule has 1 saturated carbocycles. The van der Waals surface area contributed by atoms with Crippen LogP contribution in [0.15, 0.2) is 0 Å². The first-order chi connectivity index (χ1) is 6.99. The Kier molecular flexibility index (Phi) is 2.82. The molecular weight excluding hydrogens is 185 g/mol. The predicted molar refractivity (Wildman–Crippen MR) is 64.6 cm³/mol. The molecule has 1 amide bonds. The largest absolute Gasteiger partial charge is 0.346 e. The summed E-state index contributed by atoms with van der Waals surface area (Å²) in [6.07, 6.45) is 6.11. The maximum atomic E-state index is 12.0. The van der Waals surface area contributed by atoms with Crippen LogP contribution in [0, 0.1) is 11.8 Å². The number of nitrogens with zero attached hydrogens (tertiary/aromatic N) is 1. The molecule has 3 atom stereocenters. The molecular formula is C12H22BNO. The number of piperidine rings is 1. The van der Waals surface area contributed by atoms with Crippen LogP contribution in [0.5, 0.6) is 0 Å². The van der Waals surface area contributed by atoms with Gasteiger partial charge in [0.2, 0.25) is 5.91 Å². The quantitative estimate of drug-likeness (QED) is 0.551. The van der Waals surface area contributed by atoms with Crippen molar-refractivity contribution < 1.29 is 4.79 Å². The van der Waals surface area contributed by atoms with Crippen LogP contribution in [-0.2, 0) is 4.79 Å². The highest BCUT2D eigenvalue weighted by Crippen LogP contribution is 2.44. The Hall–Kier alpha value is -0.465. The SMILES string of the molecule is B[C@]1(C)CCC2CCN(C)C(=O)C2CC1. The lowest BCUT2D eigenvalue weighted by molar-refractivity contribution is -0.139. The Labute approximate surface area is 93.8 Å². The highest BCUT2D eigenvalue weighted by Gasteiger charge is 2.38. The fourth-order valence-electron chi connectivity index (χ4n) is 3.11. The molecule has 0 N–H and O–H groups in total. The zero-order valence-corrected chi connectivity index (χ0v) is 10.3. The van der Waals surface area contributed by atoms with E-state index in [2.05, 4.69) is 14.8 Å². The van der Waals surface area contributed by atoms with Gasteiger partial charge in [-0.25, -0.2) is 0 Å². The Morgan fingerprint density at radius 1 is 1.33 bits per heavy atom. The molecule has 15 heavy (non-hydrogen) atoms. The molecule has 3 heteroatoms. The number of fused-ring (bicyclic) bond motifs is 1. The van der Waals surface area contributed by atoms with Crippen LogP contribution in [0.4, 0.5) is 0 Å². The van der Waals surface area contributed by atoms with Crippen LogP contribution in [0.3, 0.4) is 0 Å². The van der Waals surface area contributed by atoms with Gasteiger partial charge in [-0.3, -0.25) is 4.79 Å². The summed E-state index contributed by atoms with van der Waals surface area (Å²) in [7, 11) is 4.30. The molecule has 2 fully saturated rings. The van der Waals surface area contributed by atoms with Crippen molar-refractivity contribution in [2.75, 3.05) is 13.6 Å². The minimum atomic E-state index is 0.338. The van der Waals surface area contributed by atoms with Gasteiger partial charge in [0.15, 0.2) is 0 Å². The number of hydrogen-bond acceptors (Lipinski definition) is 1. The Balaban J connectivity index is 2.10. The van der Waals surface area contributed by atoms with Crippen molar-refractivity contribution in [3.8, 4) is 0 Å². The molecule has 0 aromatic carbocycles. The molecule has 1 aliphatic carbocycles.